The summed E-state index contributed by atoms with van der Waals surface area (Å²) in [5, 5.41) is 3.06. The van der Waals surface area contributed by atoms with Crippen molar-refractivity contribution in [3.8, 4) is 11.5 Å². The Bertz CT molecular complexity index is 1800. The van der Waals surface area contributed by atoms with Crippen molar-refractivity contribution in [1.29, 1.82) is 0 Å². The lowest BCUT2D eigenvalue weighted by atomic mass is 9.62. The first-order valence-corrected chi connectivity index (χ1v) is 13.4. The van der Waals surface area contributed by atoms with Crippen molar-refractivity contribution >= 4 is 29.2 Å². The van der Waals surface area contributed by atoms with Gasteiger partial charge in [0.2, 0.25) is 12.7 Å². The molecule has 0 saturated carbocycles. The molecule has 1 spiro atoms. The summed E-state index contributed by atoms with van der Waals surface area (Å²) in [5.41, 5.74) is 2.57. The fourth-order valence-electron chi connectivity index (χ4n) is 7.08. The van der Waals surface area contributed by atoms with Crippen LogP contribution in [0.25, 0.3) is 6.08 Å². The van der Waals surface area contributed by atoms with Gasteiger partial charge in [0.05, 0.1) is 12.0 Å². The Kier molecular flexibility index (Phi) is 4.97. The summed E-state index contributed by atoms with van der Waals surface area (Å²) in [4.78, 5) is 49.8. The van der Waals surface area contributed by atoms with Crippen LogP contribution in [0.4, 0.5) is 5.69 Å². The van der Waals surface area contributed by atoms with Crippen LogP contribution < -0.4 is 14.8 Å². The molecule has 4 atom stereocenters. The number of amides is 1. The van der Waals surface area contributed by atoms with E-state index in [1.807, 2.05) is 65.7 Å². The smallest absolute Gasteiger partial charge is 0.238 e. The van der Waals surface area contributed by atoms with E-state index in [1.165, 1.54) is 0 Å². The predicted octanol–water partition coefficient (Wildman–Crippen LogP) is 4.79. The number of Topliss-reactive ketones (excluding diaryl/α,β-unsaturated/α-hetero) is 2. The normalized spacial score (nSPS) is 24.5. The molecular formula is C33H23N3O5. The van der Waals surface area contributed by atoms with Gasteiger partial charge in [0.25, 0.3) is 0 Å². The van der Waals surface area contributed by atoms with E-state index in [4.69, 9.17) is 9.47 Å². The number of pyridine rings is 1. The Morgan fingerprint density at radius 1 is 0.878 bits per heavy atom. The van der Waals surface area contributed by atoms with Gasteiger partial charge >= 0.3 is 0 Å². The maximum absolute atomic E-state index is 14.7. The fraction of sp³-hybridized carbons (Fsp3) is 0.152. The van der Waals surface area contributed by atoms with E-state index in [0.29, 0.717) is 33.9 Å². The molecule has 1 fully saturated rings. The quantitative estimate of drug-likeness (QED) is 0.371. The molecule has 1 amide bonds. The van der Waals surface area contributed by atoms with Gasteiger partial charge < -0.3 is 19.7 Å². The van der Waals surface area contributed by atoms with E-state index in [2.05, 4.69) is 10.3 Å². The Labute approximate surface area is 235 Å². The molecule has 4 aliphatic rings. The summed E-state index contributed by atoms with van der Waals surface area (Å²) in [7, 11) is 0. The fourth-order valence-corrected chi connectivity index (χ4v) is 7.08. The monoisotopic (exact) mass is 541 g/mol. The molecule has 0 bridgehead atoms. The molecule has 8 rings (SSSR count). The van der Waals surface area contributed by atoms with E-state index in [-0.39, 0.29) is 24.3 Å². The average molecular weight is 542 g/mol. The van der Waals surface area contributed by atoms with Gasteiger partial charge in [0, 0.05) is 35.4 Å². The molecule has 0 aliphatic carbocycles. The summed E-state index contributed by atoms with van der Waals surface area (Å²) >= 11 is 0. The molecule has 8 heteroatoms. The number of aromatic nitrogens is 1. The number of fused-ring (bicyclic) bond motifs is 7. The zero-order valence-corrected chi connectivity index (χ0v) is 21.7. The third kappa shape index (κ3) is 3.15. The zero-order valence-electron chi connectivity index (χ0n) is 21.7. The van der Waals surface area contributed by atoms with Crippen LogP contribution in [-0.4, -0.2) is 40.2 Å². The topological polar surface area (TPSA) is 97.8 Å². The number of rotatable bonds is 4. The Balaban J connectivity index is 1.41. The van der Waals surface area contributed by atoms with E-state index < -0.39 is 23.4 Å². The Hall–Kier alpha value is -5.24. The number of para-hydroxylation sites is 1. The van der Waals surface area contributed by atoms with E-state index in [1.54, 1.807) is 42.7 Å². The highest BCUT2D eigenvalue weighted by molar-refractivity contribution is 6.16. The van der Waals surface area contributed by atoms with E-state index in [0.717, 1.165) is 11.1 Å². The van der Waals surface area contributed by atoms with Crippen molar-refractivity contribution in [3.63, 3.8) is 0 Å². The molecule has 200 valence electrons. The van der Waals surface area contributed by atoms with Crippen LogP contribution in [0.3, 0.4) is 0 Å². The van der Waals surface area contributed by atoms with Gasteiger partial charge in [0.1, 0.15) is 11.5 Å². The minimum absolute atomic E-state index is 0.0767. The molecular weight excluding hydrogens is 518 g/mol. The molecule has 8 nitrogen and oxygen atoms in total. The number of benzene rings is 3. The SMILES string of the molecule is O=C(c1ccc2c(c1)OCO2)[C@@H]1[C@@H](C(=O)c2ccncc2)[C@@]2(C(=O)Nc3ccccc32)[C@H]2c3ccccc3C=CN12. The van der Waals surface area contributed by atoms with Gasteiger partial charge in [-0.2, -0.15) is 0 Å². The average Bonchev–Trinajstić information content (AvgIpc) is 3.70. The van der Waals surface area contributed by atoms with Crippen LogP contribution >= 0.6 is 0 Å². The van der Waals surface area contributed by atoms with Gasteiger partial charge in [-0.15, -0.1) is 0 Å². The summed E-state index contributed by atoms with van der Waals surface area (Å²) < 4.78 is 11.0. The van der Waals surface area contributed by atoms with Gasteiger partial charge in [-0.05, 0) is 59.2 Å². The lowest BCUT2D eigenvalue weighted by Gasteiger charge is -2.38. The molecule has 3 aromatic carbocycles. The molecule has 4 aromatic rings. The van der Waals surface area contributed by atoms with Crippen molar-refractivity contribution in [2.75, 3.05) is 12.1 Å². The molecule has 0 unspecified atom stereocenters. The lowest BCUT2D eigenvalue weighted by molar-refractivity contribution is -0.122. The molecule has 4 aliphatic heterocycles. The number of nitrogens with one attached hydrogen (secondary N) is 1. The third-order valence-corrected chi connectivity index (χ3v) is 8.74. The highest BCUT2D eigenvalue weighted by Gasteiger charge is 2.70. The predicted molar refractivity (Wildman–Crippen MR) is 150 cm³/mol. The van der Waals surface area contributed by atoms with E-state index >= 15 is 0 Å². The molecule has 0 radical (unpaired) electrons. The van der Waals surface area contributed by atoms with Crippen LogP contribution in [0.15, 0.2) is 97.5 Å². The second-order valence-corrected chi connectivity index (χ2v) is 10.6. The number of anilines is 1. The molecule has 1 saturated heterocycles. The van der Waals surface area contributed by atoms with Crippen molar-refractivity contribution in [2.45, 2.75) is 17.5 Å². The number of ether oxygens (including phenoxy) is 2. The first kappa shape index (κ1) is 23.6. The summed E-state index contributed by atoms with van der Waals surface area (Å²) in [5.74, 6) is -0.889. The Morgan fingerprint density at radius 2 is 1.66 bits per heavy atom. The summed E-state index contributed by atoms with van der Waals surface area (Å²) in [6.45, 7) is 0.0767. The minimum atomic E-state index is -1.38. The van der Waals surface area contributed by atoms with Gasteiger partial charge in [-0.3, -0.25) is 19.4 Å². The van der Waals surface area contributed by atoms with Crippen LogP contribution in [0, 0.1) is 5.92 Å². The van der Waals surface area contributed by atoms with Crippen molar-refractivity contribution in [1.82, 2.24) is 9.88 Å². The minimum Gasteiger partial charge on any atom is -0.454 e. The van der Waals surface area contributed by atoms with Crippen molar-refractivity contribution in [3.05, 3.63) is 125 Å². The first-order valence-electron chi connectivity index (χ1n) is 13.4. The third-order valence-electron chi connectivity index (χ3n) is 8.74. The summed E-state index contributed by atoms with van der Waals surface area (Å²) in [6, 6.07) is 22.0. The lowest BCUT2D eigenvalue weighted by Crippen LogP contribution is -2.49. The van der Waals surface area contributed by atoms with Crippen molar-refractivity contribution < 1.29 is 23.9 Å². The number of hydrogen-bond acceptors (Lipinski definition) is 7. The second-order valence-electron chi connectivity index (χ2n) is 10.6. The van der Waals surface area contributed by atoms with Gasteiger partial charge in [0.15, 0.2) is 23.1 Å². The standard InChI is InChI=1S/C33H23N3O5/c37-29(20-11-14-34-15-12-20)27-28(30(38)21-9-10-25-26(17-21)41-18-40-25)36-16-13-19-5-1-2-6-22(19)31(36)33(27)23-7-3-4-8-24(23)35-32(33)39/h1-17,27-28,31H,18H2,(H,35,39)/t27-,28-,31+,33+/m0/s1. The number of ketones is 2. The highest BCUT2D eigenvalue weighted by atomic mass is 16.7. The van der Waals surface area contributed by atoms with Crippen LogP contribution in [-0.2, 0) is 10.2 Å². The van der Waals surface area contributed by atoms with Crippen LogP contribution in [0.1, 0.15) is 43.4 Å². The van der Waals surface area contributed by atoms with E-state index in [9.17, 15) is 14.4 Å². The van der Waals surface area contributed by atoms with Crippen molar-refractivity contribution in [2.24, 2.45) is 5.92 Å². The first-order chi connectivity index (χ1) is 20.1. The number of nitrogens with zero attached hydrogens (tertiary/aromatic N) is 2. The number of carbonyl (C=O) groups excluding carboxylic acids is 3. The number of hydrogen-bond donors (Lipinski definition) is 1. The maximum Gasteiger partial charge on any atom is 0.238 e. The summed E-state index contributed by atoms with van der Waals surface area (Å²) in [6.07, 6.45) is 6.90. The molecule has 1 N–H and O–H groups in total. The molecule has 1 aromatic heterocycles. The highest BCUT2D eigenvalue weighted by Crippen LogP contribution is 2.62. The van der Waals surface area contributed by atoms with Gasteiger partial charge in [-0.25, -0.2) is 0 Å². The largest absolute Gasteiger partial charge is 0.454 e. The van der Waals surface area contributed by atoms with Crippen LogP contribution in [0.5, 0.6) is 11.5 Å². The maximum atomic E-state index is 14.7. The second kappa shape index (κ2) is 8.63. The molecule has 5 heterocycles. The van der Waals surface area contributed by atoms with Gasteiger partial charge in [-0.1, -0.05) is 42.5 Å². The van der Waals surface area contributed by atoms with Crippen LogP contribution in [0.2, 0.25) is 0 Å². The molecule has 41 heavy (non-hydrogen) atoms. The number of carbonyl (C=O) groups is 3. The zero-order chi connectivity index (χ0) is 27.7. The Morgan fingerprint density at radius 3 is 2.54 bits per heavy atom.